The Morgan fingerprint density at radius 3 is 2.58 bits per heavy atom. The number of amides is 1. The highest BCUT2D eigenvalue weighted by atomic mass is 16.5. The van der Waals surface area contributed by atoms with Crippen LogP contribution < -0.4 is 10.1 Å². The predicted octanol–water partition coefficient (Wildman–Crippen LogP) is 3.38. The van der Waals surface area contributed by atoms with Crippen molar-refractivity contribution in [1.82, 2.24) is 15.5 Å². The standard InChI is InChI=1S/C20H21N3O3/c1-2-6-19-22-23-20(26-19)16-9-11-17(12-10-16)25-14-18(24)21-13-15-7-4-3-5-8-15/h3-5,7-12H,2,6,13-14H2,1H3,(H,21,24). The third-order valence-corrected chi connectivity index (χ3v) is 3.73. The summed E-state index contributed by atoms with van der Waals surface area (Å²) in [5.41, 5.74) is 1.87. The van der Waals surface area contributed by atoms with Gasteiger partial charge in [-0.05, 0) is 36.2 Å². The third kappa shape index (κ3) is 4.92. The van der Waals surface area contributed by atoms with E-state index in [1.54, 1.807) is 12.1 Å². The number of nitrogens with one attached hydrogen (secondary N) is 1. The molecule has 2 aromatic carbocycles. The number of aromatic nitrogens is 2. The fourth-order valence-corrected chi connectivity index (χ4v) is 2.38. The molecule has 0 aliphatic carbocycles. The number of hydrogen-bond donors (Lipinski definition) is 1. The van der Waals surface area contributed by atoms with Crippen molar-refractivity contribution in [2.24, 2.45) is 0 Å². The van der Waals surface area contributed by atoms with Gasteiger partial charge in [-0.25, -0.2) is 0 Å². The number of rotatable bonds is 8. The van der Waals surface area contributed by atoms with Crippen molar-refractivity contribution in [3.8, 4) is 17.2 Å². The Kier molecular flexibility index (Phi) is 5.98. The molecule has 0 fully saturated rings. The van der Waals surface area contributed by atoms with E-state index >= 15 is 0 Å². The monoisotopic (exact) mass is 351 g/mol. The van der Waals surface area contributed by atoms with Gasteiger partial charge in [0.2, 0.25) is 11.8 Å². The first-order valence-electron chi connectivity index (χ1n) is 8.61. The van der Waals surface area contributed by atoms with Crippen LogP contribution in [0.15, 0.2) is 59.0 Å². The first kappa shape index (κ1) is 17.7. The lowest BCUT2D eigenvalue weighted by atomic mass is 10.2. The maximum Gasteiger partial charge on any atom is 0.258 e. The lowest BCUT2D eigenvalue weighted by Gasteiger charge is -2.08. The van der Waals surface area contributed by atoms with E-state index in [2.05, 4.69) is 22.4 Å². The minimum Gasteiger partial charge on any atom is -0.484 e. The molecule has 134 valence electrons. The zero-order valence-electron chi connectivity index (χ0n) is 14.6. The predicted molar refractivity (Wildman–Crippen MR) is 97.5 cm³/mol. The quantitative estimate of drug-likeness (QED) is 0.673. The number of nitrogens with zero attached hydrogens (tertiary/aromatic N) is 2. The molecule has 1 N–H and O–H groups in total. The number of aryl methyl sites for hydroxylation is 1. The van der Waals surface area contributed by atoms with E-state index in [1.165, 1.54) is 0 Å². The van der Waals surface area contributed by atoms with Crippen molar-refractivity contribution in [2.45, 2.75) is 26.3 Å². The molecule has 6 heteroatoms. The smallest absolute Gasteiger partial charge is 0.258 e. The van der Waals surface area contributed by atoms with E-state index in [-0.39, 0.29) is 12.5 Å². The summed E-state index contributed by atoms with van der Waals surface area (Å²) in [5, 5.41) is 10.9. The summed E-state index contributed by atoms with van der Waals surface area (Å²) < 4.78 is 11.1. The zero-order chi connectivity index (χ0) is 18.2. The molecule has 1 heterocycles. The maximum atomic E-state index is 11.9. The van der Waals surface area contributed by atoms with Crippen molar-refractivity contribution in [3.63, 3.8) is 0 Å². The molecule has 0 spiro atoms. The zero-order valence-corrected chi connectivity index (χ0v) is 14.6. The topological polar surface area (TPSA) is 77.2 Å². The average molecular weight is 351 g/mol. The summed E-state index contributed by atoms with van der Waals surface area (Å²) >= 11 is 0. The van der Waals surface area contributed by atoms with Crippen molar-refractivity contribution >= 4 is 5.91 Å². The van der Waals surface area contributed by atoms with Crippen molar-refractivity contribution < 1.29 is 13.9 Å². The van der Waals surface area contributed by atoms with Gasteiger partial charge in [0, 0.05) is 18.5 Å². The second-order valence-corrected chi connectivity index (χ2v) is 5.83. The Morgan fingerprint density at radius 2 is 1.85 bits per heavy atom. The van der Waals surface area contributed by atoms with E-state index in [0.29, 0.717) is 24.1 Å². The highest BCUT2D eigenvalue weighted by Crippen LogP contribution is 2.21. The second-order valence-electron chi connectivity index (χ2n) is 5.83. The van der Waals surface area contributed by atoms with Crippen LogP contribution in [0.2, 0.25) is 0 Å². The van der Waals surface area contributed by atoms with Crippen LogP contribution in [0, 0.1) is 0 Å². The van der Waals surface area contributed by atoms with E-state index in [4.69, 9.17) is 9.15 Å². The molecule has 3 aromatic rings. The van der Waals surface area contributed by atoms with E-state index in [9.17, 15) is 4.79 Å². The maximum absolute atomic E-state index is 11.9. The van der Waals surface area contributed by atoms with E-state index < -0.39 is 0 Å². The molecular formula is C20H21N3O3. The van der Waals surface area contributed by atoms with Gasteiger partial charge in [-0.3, -0.25) is 4.79 Å². The fraction of sp³-hybridized carbons (Fsp3) is 0.250. The minimum atomic E-state index is -0.168. The molecule has 0 atom stereocenters. The molecule has 0 radical (unpaired) electrons. The number of ether oxygens (including phenoxy) is 1. The Morgan fingerprint density at radius 1 is 1.08 bits per heavy atom. The molecule has 0 aliphatic heterocycles. The van der Waals surface area contributed by atoms with Gasteiger partial charge in [-0.15, -0.1) is 10.2 Å². The summed E-state index contributed by atoms with van der Waals surface area (Å²) in [5.74, 6) is 1.56. The van der Waals surface area contributed by atoms with E-state index in [1.807, 2.05) is 42.5 Å². The van der Waals surface area contributed by atoms with Crippen molar-refractivity contribution in [3.05, 3.63) is 66.1 Å². The van der Waals surface area contributed by atoms with Crippen LogP contribution in [0.3, 0.4) is 0 Å². The number of hydrogen-bond acceptors (Lipinski definition) is 5. The van der Waals surface area contributed by atoms with Crippen LogP contribution in [-0.4, -0.2) is 22.7 Å². The molecule has 3 rings (SSSR count). The van der Waals surface area contributed by atoms with E-state index in [0.717, 1.165) is 24.0 Å². The van der Waals surface area contributed by atoms with Gasteiger partial charge >= 0.3 is 0 Å². The minimum absolute atomic E-state index is 0.0343. The molecule has 0 bridgehead atoms. The number of carbonyl (C=O) groups is 1. The van der Waals surface area contributed by atoms with Crippen LogP contribution in [0.1, 0.15) is 24.8 Å². The molecule has 6 nitrogen and oxygen atoms in total. The summed E-state index contributed by atoms with van der Waals surface area (Å²) in [6.45, 7) is 2.51. The van der Waals surface area contributed by atoms with Crippen LogP contribution in [0.25, 0.3) is 11.5 Å². The van der Waals surface area contributed by atoms with Crippen molar-refractivity contribution in [1.29, 1.82) is 0 Å². The van der Waals surface area contributed by atoms with Gasteiger partial charge in [-0.1, -0.05) is 37.3 Å². The highest BCUT2D eigenvalue weighted by Gasteiger charge is 2.08. The second kappa shape index (κ2) is 8.80. The van der Waals surface area contributed by atoms with Crippen LogP contribution in [-0.2, 0) is 17.8 Å². The molecule has 26 heavy (non-hydrogen) atoms. The van der Waals surface area contributed by atoms with Gasteiger partial charge in [0.1, 0.15) is 5.75 Å². The average Bonchev–Trinajstić information content (AvgIpc) is 3.15. The van der Waals surface area contributed by atoms with Gasteiger partial charge in [0.25, 0.3) is 5.91 Å². The lowest BCUT2D eigenvalue weighted by Crippen LogP contribution is -2.28. The van der Waals surface area contributed by atoms with Crippen LogP contribution >= 0.6 is 0 Å². The number of benzene rings is 2. The summed E-state index contributed by atoms with van der Waals surface area (Å²) in [4.78, 5) is 11.9. The normalized spacial score (nSPS) is 10.5. The first-order chi connectivity index (χ1) is 12.7. The lowest BCUT2D eigenvalue weighted by molar-refractivity contribution is -0.123. The van der Waals surface area contributed by atoms with Gasteiger partial charge in [0.15, 0.2) is 6.61 Å². The summed E-state index contributed by atoms with van der Waals surface area (Å²) in [7, 11) is 0. The molecule has 1 aromatic heterocycles. The Balaban J connectivity index is 1.48. The number of carbonyl (C=O) groups excluding carboxylic acids is 1. The molecule has 0 saturated heterocycles. The van der Waals surface area contributed by atoms with Gasteiger partial charge in [-0.2, -0.15) is 0 Å². The molecule has 0 unspecified atom stereocenters. The Bertz CT molecular complexity index is 829. The van der Waals surface area contributed by atoms with Crippen LogP contribution in [0.4, 0.5) is 0 Å². The summed E-state index contributed by atoms with van der Waals surface area (Å²) in [6.07, 6.45) is 1.73. The fourth-order valence-electron chi connectivity index (χ4n) is 2.38. The Labute approximate surface area is 152 Å². The van der Waals surface area contributed by atoms with Gasteiger partial charge < -0.3 is 14.5 Å². The molecule has 0 saturated carbocycles. The highest BCUT2D eigenvalue weighted by molar-refractivity contribution is 5.77. The van der Waals surface area contributed by atoms with Crippen molar-refractivity contribution in [2.75, 3.05) is 6.61 Å². The molecular weight excluding hydrogens is 330 g/mol. The van der Waals surface area contributed by atoms with Crippen LogP contribution in [0.5, 0.6) is 5.75 Å². The first-order valence-corrected chi connectivity index (χ1v) is 8.61. The SMILES string of the molecule is CCCc1nnc(-c2ccc(OCC(=O)NCc3ccccc3)cc2)o1. The third-order valence-electron chi connectivity index (χ3n) is 3.73. The molecule has 1 amide bonds. The largest absolute Gasteiger partial charge is 0.484 e. The molecule has 0 aliphatic rings. The van der Waals surface area contributed by atoms with Gasteiger partial charge in [0.05, 0.1) is 0 Å². The Hall–Kier alpha value is -3.15. The summed E-state index contributed by atoms with van der Waals surface area (Å²) in [6, 6.07) is 17.0.